The maximum Gasteiger partial charge on any atom is 0.262 e. The van der Waals surface area contributed by atoms with E-state index in [2.05, 4.69) is 22.9 Å². The summed E-state index contributed by atoms with van der Waals surface area (Å²) < 4.78 is 23.3. The first-order chi connectivity index (χ1) is 9.61. The number of amides is 1. The Morgan fingerprint density at radius 3 is 2.48 bits per heavy atom. The SMILES string of the molecule is CC1CC(C)N(C(=O)c2cc(Cl)c(Br)c(S(=O)(=O)Cl)c2)C1. The molecular weight excluding hydrogens is 401 g/mol. The molecule has 0 saturated carbocycles. The quantitative estimate of drug-likeness (QED) is 0.689. The highest BCUT2D eigenvalue weighted by molar-refractivity contribution is 9.10. The van der Waals surface area contributed by atoms with Crippen molar-refractivity contribution in [2.75, 3.05) is 6.54 Å². The molecule has 21 heavy (non-hydrogen) atoms. The largest absolute Gasteiger partial charge is 0.336 e. The predicted octanol–water partition coefficient (Wildman–Crippen LogP) is 3.90. The average molecular weight is 415 g/mol. The summed E-state index contributed by atoms with van der Waals surface area (Å²) in [5.74, 6) is 0.189. The summed E-state index contributed by atoms with van der Waals surface area (Å²) in [5, 5.41) is 0.139. The Kier molecular flexibility index (Phi) is 4.93. The fourth-order valence-corrected chi connectivity index (χ4v) is 4.99. The molecular formula is C13H14BrCl2NO3S. The zero-order valence-corrected chi connectivity index (χ0v) is 15.4. The third-order valence-electron chi connectivity index (χ3n) is 3.55. The van der Waals surface area contributed by atoms with Crippen LogP contribution in [-0.4, -0.2) is 31.8 Å². The van der Waals surface area contributed by atoms with E-state index < -0.39 is 9.05 Å². The van der Waals surface area contributed by atoms with Gasteiger partial charge in [0.1, 0.15) is 0 Å². The number of hydrogen-bond acceptors (Lipinski definition) is 3. The Labute approximate surface area is 142 Å². The maximum absolute atomic E-state index is 12.6. The number of rotatable bonds is 2. The van der Waals surface area contributed by atoms with Crippen LogP contribution in [-0.2, 0) is 9.05 Å². The van der Waals surface area contributed by atoms with E-state index in [1.807, 2.05) is 6.92 Å². The summed E-state index contributed by atoms with van der Waals surface area (Å²) in [4.78, 5) is 14.1. The average Bonchev–Trinajstić information content (AvgIpc) is 2.69. The van der Waals surface area contributed by atoms with Gasteiger partial charge in [0.05, 0.1) is 14.4 Å². The van der Waals surface area contributed by atoms with E-state index in [9.17, 15) is 13.2 Å². The van der Waals surface area contributed by atoms with Crippen LogP contribution < -0.4 is 0 Å². The van der Waals surface area contributed by atoms with Crippen molar-refractivity contribution < 1.29 is 13.2 Å². The predicted molar refractivity (Wildman–Crippen MR) is 86.5 cm³/mol. The van der Waals surface area contributed by atoms with E-state index in [0.717, 1.165) is 6.42 Å². The lowest BCUT2D eigenvalue weighted by atomic mass is 10.1. The van der Waals surface area contributed by atoms with E-state index in [-0.39, 0.29) is 31.9 Å². The highest BCUT2D eigenvalue weighted by Crippen LogP contribution is 2.34. The first kappa shape index (κ1) is 17.1. The van der Waals surface area contributed by atoms with Gasteiger partial charge in [-0.3, -0.25) is 4.79 Å². The van der Waals surface area contributed by atoms with E-state index in [0.29, 0.717) is 12.5 Å². The van der Waals surface area contributed by atoms with Crippen molar-refractivity contribution >= 4 is 53.2 Å². The van der Waals surface area contributed by atoms with Gasteiger partial charge < -0.3 is 4.90 Å². The van der Waals surface area contributed by atoms with Gasteiger partial charge in [-0.2, -0.15) is 0 Å². The highest BCUT2D eigenvalue weighted by atomic mass is 79.9. The summed E-state index contributed by atoms with van der Waals surface area (Å²) in [7, 11) is 1.39. The number of hydrogen-bond donors (Lipinski definition) is 0. The number of benzene rings is 1. The zero-order chi connectivity index (χ0) is 15.9. The lowest BCUT2D eigenvalue weighted by Gasteiger charge is -2.22. The second kappa shape index (κ2) is 6.07. The molecule has 1 aliphatic rings. The van der Waals surface area contributed by atoms with Gasteiger partial charge in [-0.1, -0.05) is 18.5 Å². The minimum Gasteiger partial charge on any atom is -0.336 e. The molecule has 1 saturated heterocycles. The fraction of sp³-hybridized carbons (Fsp3) is 0.462. The zero-order valence-electron chi connectivity index (χ0n) is 11.4. The number of carbonyl (C=O) groups excluding carboxylic acids is 1. The molecule has 1 heterocycles. The van der Waals surface area contributed by atoms with Crippen LogP contribution in [0.1, 0.15) is 30.6 Å². The molecule has 4 nitrogen and oxygen atoms in total. The summed E-state index contributed by atoms with van der Waals surface area (Å²) in [6.07, 6.45) is 0.927. The summed E-state index contributed by atoms with van der Waals surface area (Å²) in [5.41, 5.74) is 0.225. The number of nitrogens with zero attached hydrogens (tertiary/aromatic N) is 1. The molecule has 0 aliphatic carbocycles. The Morgan fingerprint density at radius 2 is 2.00 bits per heavy atom. The summed E-state index contributed by atoms with van der Waals surface area (Å²) in [6.45, 7) is 4.70. The van der Waals surface area contributed by atoms with Gasteiger partial charge in [-0.05, 0) is 47.3 Å². The van der Waals surface area contributed by atoms with Gasteiger partial charge in [-0.25, -0.2) is 8.42 Å². The van der Waals surface area contributed by atoms with Crippen LogP contribution in [0.2, 0.25) is 5.02 Å². The molecule has 0 N–H and O–H groups in total. The molecule has 1 amide bonds. The van der Waals surface area contributed by atoms with Crippen molar-refractivity contribution in [2.24, 2.45) is 5.92 Å². The Bertz CT molecular complexity index is 693. The highest BCUT2D eigenvalue weighted by Gasteiger charge is 2.31. The lowest BCUT2D eigenvalue weighted by Crippen LogP contribution is -2.34. The van der Waals surface area contributed by atoms with Gasteiger partial charge in [0.15, 0.2) is 0 Å². The van der Waals surface area contributed by atoms with Gasteiger partial charge in [0.2, 0.25) is 0 Å². The second-order valence-corrected chi connectivity index (χ2v) is 9.09. The monoisotopic (exact) mass is 413 g/mol. The minimum absolute atomic E-state index is 0.117. The molecule has 2 atom stereocenters. The van der Waals surface area contributed by atoms with Gasteiger partial charge >= 0.3 is 0 Å². The van der Waals surface area contributed by atoms with Crippen LogP contribution >= 0.6 is 38.2 Å². The van der Waals surface area contributed by atoms with Crippen molar-refractivity contribution in [3.63, 3.8) is 0 Å². The molecule has 0 spiro atoms. The molecule has 116 valence electrons. The fourth-order valence-electron chi connectivity index (χ4n) is 2.61. The summed E-state index contributed by atoms with van der Waals surface area (Å²) in [6, 6.07) is 2.83. The van der Waals surface area contributed by atoms with E-state index in [1.165, 1.54) is 12.1 Å². The molecule has 8 heteroatoms. The van der Waals surface area contributed by atoms with Gasteiger partial charge in [-0.15, -0.1) is 0 Å². The summed E-state index contributed by atoms with van der Waals surface area (Å²) >= 11 is 9.08. The van der Waals surface area contributed by atoms with Crippen molar-refractivity contribution in [1.29, 1.82) is 0 Å². The van der Waals surface area contributed by atoms with Crippen LogP contribution in [0, 0.1) is 5.92 Å². The third kappa shape index (κ3) is 3.55. The van der Waals surface area contributed by atoms with E-state index in [4.69, 9.17) is 22.3 Å². The molecule has 1 aliphatic heterocycles. The minimum atomic E-state index is -3.99. The van der Waals surface area contributed by atoms with Crippen LogP contribution in [0.4, 0.5) is 0 Å². The first-order valence-corrected chi connectivity index (χ1v) is 9.84. The van der Waals surface area contributed by atoms with Crippen molar-refractivity contribution in [3.05, 3.63) is 27.2 Å². The number of halogens is 3. The molecule has 1 aromatic rings. The molecule has 0 radical (unpaired) electrons. The third-order valence-corrected chi connectivity index (χ3v) is 6.54. The van der Waals surface area contributed by atoms with Crippen molar-refractivity contribution in [2.45, 2.75) is 31.2 Å². The smallest absolute Gasteiger partial charge is 0.262 e. The van der Waals surface area contributed by atoms with Crippen LogP contribution in [0.15, 0.2) is 21.5 Å². The second-order valence-electron chi connectivity index (χ2n) is 5.36. The Balaban J connectivity index is 2.46. The van der Waals surface area contributed by atoms with Crippen molar-refractivity contribution in [1.82, 2.24) is 4.90 Å². The van der Waals surface area contributed by atoms with Crippen LogP contribution in [0.25, 0.3) is 0 Å². The van der Waals surface area contributed by atoms with Crippen LogP contribution in [0.3, 0.4) is 0 Å². The maximum atomic E-state index is 12.6. The molecule has 2 rings (SSSR count). The van der Waals surface area contributed by atoms with Gasteiger partial charge in [0.25, 0.3) is 15.0 Å². The molecule has 0 aromatic heterocycles. The first-order valence-electron chi connectivity index (χ1n) is 6.36. The standard InChI is InChI=1S/C13H14BrCl2NO3S/c1-7-3-8(2)17(6-7)13(18)9-4-10(15)12(14)11(5-9)21(16,19)20/h4-5,7-8H,3,6H2,1-2H3. The van der Waals surface area contributed by atoms with Crippen molar-refractivity contribution in [3.8, 4) is 0 Å². The molecule has 0 bridgehead atoms. The topological polar surface area (TPSA) is 54.5 Å². The Morgan fingerprint density at radius 1 is 1.38 bits per heavy atom. The Hall–Kier alpha value is -0.300. The molecule has 1 aromatic carbocycles. The van der Waals surface area contributed by atoms with Crippen LogP contribution in [0.5, 0.6) is 0 Å². The molecule has 2 unspecified atom stereocenters. The van der Waals surface area contributed by atoms with E-state index in [1.54, 1.807) is 4.90 Å². The lowest BCUT2D eigenvalue weighted by molar-refractivity contribution is 0.0743. The van der Waals surface area contributed by atoms with Gasteiger partial charge in [0, 0.05) is 28.8 Å². The normalized spacial score (nSPS) is 22.6. The van der Waals surface area contributed by atoms with E-state index >= 15 is 0 Å². The molecule has 1 fully saturated rings. The number of carbonyl (C=O) groups is 1. The number of likely N-dealkylation sites (tertiary alicyclic amines) is 1.